The van der Waals surface area contributed by atoms with Gasteiger partial charge in [-0.3, -0.25) is 14.2 Å². The second-order valence-corrected chi connectivity index (χ2v) is 6.48. The highest BCUT2D eigenvalue weighted by Gasteiger charge is 2.20. The van der Waals surface area contributed by atoms with Gasteiger partial charge < -0.3 is 19.3 Å². The van der Waals surface area contributed by atoms with Crippen LogP contribution in [0, 0.1) is 5.82 Å². The van der Waals surface area contributed by atoms with Crippen molar-refractivity contribution in [2.24, 2.45) is 0 Å². The smallest absolute Gasteiger partial charge is 0.267 e. The van der Waals surface area contributed by atoms with Crippen molar-refractivity contribution in [3.05, 3.63) is 65.0 Å². The lowest BCUT2D eigenvalue weighted by atomic mass is 10.1. The summed E-state index contributed by atoms with van der Waals surface area (Å²) in [6, 6.07) is 10.8. The third-order valence-electron chi connectivity index (χ3n) is 4.59. The molecule has 158 valence electrons. The number of aromatic nitrogens is 3. The van der Waals surface area contributed by atoms with Crippen molar-refractivity contribution in [2.45, 2.75) is 6.54 Å². The predicted octanol–water partition coefficient (Wildman–Crippen LogP) is 2.85. The first-order valence-electron chi connectivity index (χ1n) is 9.13. The van der Waals surface area contributed by atoms with Gasteiger partial charge >= 0.3 is 0 Å². The zero-order chi connectivity index (χ0) is 22.0. The molecule has 1 amide bonds. The average Bonchev–Trinajstić information content (AvgIpc) is 3.21. The van der Waals surface area contributed by atoms with Gasteiger partial charge in [-0.15, -0.1) is 0 Å². The van der Waals surface area contributed by atoms with Crippen LogP contribution >= 0.6 is 0 Å². The van der Waals surface area contributed by atoms with Crippen molar-refractivity contribution < 1.29 is 23.2 Å². The van der Waals surface area contributed by atoms with Crippen molar-refractivity contribution in [3.8, 4) is 22.8 Å². The Morgan fingerprint density at radius 2 is 2.00 bits per heavy atom. The summed E-state index contributed by atoms with van der Waals surface area (Å²) < 4.78 is 30.7. The van der Waals surface area contributed by atoms with E-state index in [1.54, 1.807) is 24.3 Å². The summed E-state index contributed by atoms with van der Waals surface area (Å²) in [5, 5.41) is 6.46. The largest absolute Gasteiger partial charge is 0.497 e. The number of carbonyl (C=O) groups excluding carboxylic acids is 1. The van der Waals surface area contributed by atoms with Gasteiger partial charge in [-0.2, -0.15) is 0 Å². The Morgan fingerprint density at radius 3 is 2.74 bits per heavy atom. The van der Waals surface area contributed by atoms with Gasteiger partial charge in [0, 0.05) is 11.6 Å². The van der Waals surface area contributed by atoms with Crippen LogP contribution in [0.15, 0.2) is 58.1 Å². The number of nitrogens with one attached hydrogen (secondary N) is 1. The van der Waals surface area contributed by atoms with E-state index >= 15 is 0 Å². The van der Waals surface area contributed by atoms with Crippen LogP contribution < -0.4 is 20.3 Å². The van der Waals surface area contributed by atoms with Crippen LogP contribution in [0.2, 0.25) is 0 Å². The Hall–Kier alpha value is -4.21. The van der Waals surface area contributed by atoms with Gasteiger partial charge in [-0.05, 0) is 24.3 Å². The van der Waals surface area contributed by atoms with Crippen LogP contribution in [0.4, 0.5) is 10.1 Å². The van der Waals surface area contributed by atoms with E-state index in [1.807, 2.05) is 0 Å². The Kier molecular flexibility index (Phi) is 5.35. The van der Waals surface area contributed by atoms with E-state index in [2.05, 4.69) is 15.5 Å². The molecule has 2 aromatic heterocycles. The van der Waals surface area contributed by atoms with E-state index in [0.29, 0.717) is 17.2 Å². The van der Waals surface area contributed by atoms with E-state index in [1.165, 1.54) is 38.7 Å². The third kappa shape index (κ3) is 3.82. The number of fused-ring (bicyclic) bond motifs is 1. The highest BCUT2D eigenvalue weighted by atomic mass is 19.1. The van der Waals surface area contributed by atoms with Crippen LogP contribution in [0.5, 0.6) is 11.5 Å². The molecule has 0 aliphatic heterocycles. The molecule has 31 heavy (non-hydrogen) atoms. The lowest BCUT2D eigenvalue weighted by molar-refractivity contribution is -0.116. The van der Waals surface area contributed by atoms with E-state index in [9.17, 15) is 14.0 Å². The molecule has 0 spiro atoms. The average molecular weight is 424 g/mol. The third-order valence-corrected chi connectivity index (χ3v) is 4.59. The lowest BCUT2D eigenvalue weighted by Crippen LogP contribution is -2.28. The fourth-order valence-electron chi connectivity index (χ4n) is 3.08. The zero-order valence-corrected chi connectivity index (χ0v) is 16.6. The quantitative estimate of drug-likeness (QED) is 0.507. The molecule has 2 aromatic carbocycles. The molecule has 0 atom stereocenters. The number of hydrogen-bond acceptors (Lipinski definition) is 7. The van der Waals surface area contributed by atoms with Gasteiger partial charge in [0.25, 0.3) is 11.3 Å². The molecule has 4 rings (SSSR count). The lowest BCUT2D eigenvalue weighted by Gasteiger charge is -2.12. The van der Waals surface area contributed by atoms with Crippen molar-refractivity contribution in [1.29, 1.82) is 0 Å². The molecule has 10 heteroatoms. The van der Waals surface area contributed by atoms with E-state index < -0.39 is 17.3 Å². The van der Waals surface area contributed by atoms with E-state index in [0.717, 1.165) is 4.57 Å². The maximum atomic E-state index is 14.2. The number of amides is 1. The SMILES string of the molecule is COc1ccc(NC(=O)Cn2cnc3onc(-c4ccccc4F)c3c2=O)c(OC)c1. The molecule has 0 saturated carbocycles. The summed E-state index contributed by atoms with van der Waals surface area (Å²) in [6.07, 6.45) is 1.17. The number of halogens is 1. The van der Waals surface area contributed by atoms with Crippen molar-refractivity contribution in [2.75, 3.05) is 19.5 Å². The fourth-order valence-corrected chi connectivity index (χ4v) is 3.08. The highest BCUT2D eigenvalue weighted by Crippen LogP contribution is 2.29. The summed E-state index contributed by atoms with van der Waals surface area (Å²) in [5.74, 6) is -0.0872. The number of nitrogens with zero attached hydrogens (tertiary/aromatic N) is 3. The Bertz CT molecular complexity index is 1330. The van der Waals surface area contributed by atoms with Crippen molar-refractivity contribution in [1.82, 2.24) is 14.7 Å². The summed E-state index contributed by atoms with van der Waals surface area (Å²) in [5.41, 5.74) is -0.0898. The van der Waals surface area contributed by atoms with E-state index in [4.69, 9.17) is 14.0 Å². The molecule has 1 N–H and O–H groups in total. The van der Waals surface area contributed by atoms with Crippen LogP contribution in [0.1, 0.15) is 0 Å². The van der Waals surface area contributed by atoms with Crippen LogP contribution in [-0.4, -0.2) is 34.8 Å². The molecule has 0 aliphatic carbocycles. The maximum absolute atomic E-state index is 14.2. The normalized spacial score (nSPS) is 10.8. The predicted molar refractivity (Wildman–Crippen MR) is 110 cm³/mol. The number of anilines is 1. The minimum absolute atomic E-state index is 0.0116. The van der Waals surface area contributed by atoms with Crippen LogP contribution in [-0.2, 0) is 11.3 Å². The number of rotatable bonds is 6. The Labute approximate surface area is 175 Å². The first kappa shape index (κ1) is 20.1. The molecule has 4 aromatic rings. The number of ether oxygens (including phenoxy) is 2. The Morgan fingerprint density at radius 1 is 1.19 bits per heavy atom. The topological polar surface area (TPSA) is 108 Å². The molecule has 0 bridgehead atoms. The summed E-state index contributed by atoms with van der Waals surface area (Å²) in [7, 11) is 2.98. The second kappa shape index (κ2) is 8.27. The minimum Gasteiger partial charge on any atom is -0.497 e. The monoisotopic (exact) mass is 424 g/mol. The number of carbonyl (C=O) groups is 1. The number of benzene rings is 2. The minimum atomic E-state index is -0.582. The van der Waals surface area contributed by atoms with Gasteiger partial charge in [0.05, 0.1) is 19.9 Å². The summed E-state index contributed by atoms with van der Waals surface area (Å²) in [4.78, 5) is 29.5. The fraction of sp³-hybridized carbons (Fsp3) is 0.143. The number of hydrogen-bond donors (Lipinski definition) is 1. The van der Waals surface area contributed by atoms with Gasteiger partial charge in [0.15, 0.2) is 0 Å². The second-order valence-electron chi connectivity index (χ2n) is 6.48. The van der Waals surface area contributed by atoms with Gasteiger partial charge in [-0.25, -0.2) is 9.37 Å². The standard InChI is InChI=1S/C21H17FN4O5/c1-29-12-7-8-15(16(9-12)30-2)24-17(27)10-26-11-23-20-18(21(26)28)19(25-31-20)13-5-3-4-6-14(13)22/h3-9,11H,10H2,1-2H3,(H,24,27). The maximum Gasteiger partial charge on any atom is 0.267 e. The van der Waals surface area contributed by atoms with Crippen molar-refractivity contribution in [3.63, 3.8) is 0 Å². The summed E-state index contributed by atoms with van der Waals surface area (Å²) >= 11 is 0. The number of methoxy groups -OCH3 is 2. The van der Waals surface area contributed by atoms with Crippen molar-refractivity contribution >= 4 is 22.7 Å². The highest BCUT2D eigenvalue weighted by molar-refractivity contribution is 5.93. The van der Waals surface area contributed by atoms with Gasteiger partial charge in [0.2, 0.25) is 5.91 Å². The molecular weight excluding hydrogens is 407 g/mol. The zero-order valence-electron chi connectivity index (χ0n) is 16.6. The van der Waals surface area contributed by atoms with Gasteiger partial charge in [0.1, 0.15) is 41.3 Å². The molecule has 0 fully saturated rings. The first-order valence-corrected chi connectivity index (χ1v) is 9.13. The van der Waals surface area contributed by atoms with Gasteiger partial charge in [-0.1, -0.05) is 17.3 Å². The molecule has 0 unspecified atom stereocenters. The Balaban J connectivity index is 1.64. The molecule has 2 heterocycles. The molecule has 0 radical (unpaired) electrons. The van der Waals surface area contributed by atoms with E-state index in [-0.39, 0.29) is 28.9 Å². The molecule has 0 saturated heterocycles. The summed E-state index contributed by atoms with van der Waals surface area (Å²) in [6.45, 7) is -0.334. The first-order chi connectivity index (χ1) is 15.0. The molecule has 0 aliphatic rings. The van der Waals surface area contributed by atoms with Crippen LogP contribution in [0.25, 0.3) is 22.4 Å². The van der Waals surface area contributed by atoms with Crippen LogP contribution in [0.3, 0.4) is 0 Å². The molecular formula is C21H17FN4O5. The molecule has 9 nitrogen and oxygen atoms in total.